The van der Waals surface area contributed by atoms with Gasteiger partial charge in [-0.2, -0.15) is 5.06 Å². The molecule has 4 rings (SSSR count). The van der Waals surface area contributed by atoms with Crippen LogP contribution in [-0.4, -0.2) is 52.5 Å². The largest absolute Gasteiger partial charge is 0.448 e. The number of amides is 1. The van der Waals surface area contributed by atoms with Crippen LogP contribution in [0, 0.1) is 6.57 Å². The van der Waals surface area contributed by atoms with Crippen LogP contribution >= 0.6 is 0 Å². The molecule has 2 aromatic rings. The van der Waals surface area contributed by atoms with Gasteiger partial charge in [0.2, 0.25) is 0 Å². The zero-order valence-electron chi connectivity index (χ0n) is 17.0. The molecule has 2 unspecified atom stereocenters. The van der Waals surface area contributed by atoms with Gasteiger partial charge in [-0.25, -0.2) is 11.4 Å². The van der Waals surface area contributed by atoms with Crippen molar-refractivity contribution in [1.29, 1.82) is 0 Å². The molecule has 1 amide bonds. The van der Waals surface area contributed by atoms with Gasteiger partial charge in [0.1, 0.15) is 6.61 Å². The van der Waals surface area contributed by atoms with Crippen LogP contribution in [0.4, 0.5) is 0 Å². The summed E-state index contributed by atoms with van der Waals surface area (Å²) in [5, 5.41) is 10.2. The third kappa shape index (κ3) is 3.49. The van der Waals surface area contributed by atoms with E-state index in [9.17, 15) is 19.5 Å². The van der Waals surface area contributed by atoms with Crippen molar-refractivity contribution in [3.63, 3.8) is 0 Å². The van der Waals surface area contributed by atoms with Gasteiger partial charge in [0.05, 0.1) is 6.42 Å². The first kappa shape index (κ1) is 21.5. The minimum atomic E-state index is -2.18. The van der Waals surface area contributed by atoms with E-state index in [1.807, 2.05) is 12.1 Å². The van der Waals surface area contributed by atoms with E-state index in [0.29, 0.717) is 16.2 Å². The molecule has 1 N–H and O–H groups in total. The van der Waals surface area contributed by atoms with E-state index in [1.54, 1.807) is 48.5 Å². The topological polar surface area (TPSA) is 107 Å². The fourth-order valence-corrected chi connectivity index (χ4v) is 3.69. The van der Waals surface area contributed by atoms with E-state index in [0.717, 1.165) is 0 Å². The maximum atomic E-state index is 13.5. The molecule has 2 saturated heterocycles. The summed E-state index contributed by atoms with van der Waals surface area (Å²) in [6, 6.07) is 18.0. The van der Waals surface area contributed by atoms with Gasteiger partial charge >= 0.3 is 29.1 Å². The van der Waals surface area contributed by atoms with Crippen LogP contribution in [0.2, 0.25) is 0 Å². The van der Waals surface area contributed by atoms with Crippen molar-refractivity contribution in [3.05, 3.63) is 83.2 Å². The molecule has 2 fully saturated rings. The van der Waals surface area contributed by atoms with Gasteiger partial charge in [-0.1, -0.05) is 60.7 Å². The Hall–Kier alpha value is -3.74. The first-order valence-electron chi connectivity index (χ1n) is 9.96. The monoisotopic (exact) mass is 436 g/mol. The molecule has 0 spiro atoms. The third-order valence-electron chi connectivity index (χ3n) is 5.52. The number of benzene rings is 2. The summed E-state index contributed by atoms with van der Waals surface area (Å²) in [6.45, 7) is 6.02. The number of hydrogen-bond acceptors (Lipinski definition) is 7. The van der Waals surface area contributed by atoms with Gasteiger partial charge in [0.25, 0.3) is 0 Å². The number of rotatable bonds is 6. The highest BCUT2D eigenvalue weighted by Gasteiger charge is 2.67. The fourth-order valence-electron chi connectivity index (χ4n) is 3.69. The normalized spacial score (nSPS) is 25.0. The Kier molecular flexibility index (Phi) is 5.65. The number of hydrogen-bond donors (Lipinski definition) is 1. The molecule has 164 valence electrons. The predicted molar refractivity (Wildman–Crippen MR) is 108 cm³/mol. The van der Waals surface area contributed by atoms with E-state index in [2.05, 4.69) is 4.85 Å². The summed E-state index contributed by atoms with van der Waals surface area (Å²) in [5.41, 5.74) is -2.74. The lowest BCUT2D eigenvalue weighted by molar-refractivity contribution is -0.260. The molecule has 2 aromatic carbocycles. The highest BCUT2D eigenvalue weighted by molar-refractivity contribution is 5.96. The molecule has 2 aliphatic heterocycles. The van der Waals surface area contributed by atoms with Crippen LogP contribution in [0.15, 0.2) is 60.7 Å². The molecular weight excluding hydrogens is 416 g/mol. The van der Waals surface area contributed by atoms with E-state index >= 15 is 0 Å². The first-order valence-corrected chi connectivity index (χ1v) is 9.96. The number of aliphatic hydroxyl groups excluding tert-OH is 1. The molecule has 2 aliphatic rings. The van der Waals surface area contributed by atoms with Crippen molar-refractivity contribution in [1.82, 2.24) is 5.06 Å². The van der Waals surface area contributed by atoms with Gasteiger partial charge in [-0.15, -0.1) is 0 Å². The van der Waals surface area contributed by atoms with Crippen molar-refractivity contribution < 1.29 is 33.8 Å². The number of aliphatic hydroxyl groups is 1. The van der Waals surface area contributed by atoms with Gasteiger partial charge in [0.15, 0.2) is 12.7 Å². The average Bonchev–Trinajstić information content (AvgIpc) is 3.39. The van der Waals surface area contributed by atoms with E-state index in [4.69, 9.17) is 20.9 Å². The smallest absolute Gasteiger partial charge is 0.376 e. The Bertz CT molecular complexity index is 1030. The van der Waals surface area contributed by atoms with Crippen LogP contribution in [0.3, 0.4) is 0 Å². The number of ether oxygens (including phenoxy) is 2. The Morgan fingerprint density at radius 1 is 1.12 bits per heavy atom. The van der Waals surface area contributed by atoms with Crippen molar-refractivity contribution in [3.8, 4) is 0 Å². The highest BCUT2D eigenvalue weighted by atomic mass is 16.8. The quantitative estimate of drug-likeness (QED) is 0.543. The molecular formula is C23H20N2O7. The van der Waals surface area contributed by atoms with E-state index < -0.39 is 48.4 Å². The van der Waals surface area contributed by atoms with Crippen molar-refractivity contribution in [2.75, 3.05) is 13.2 Å². The zero-order chi connectivity index (χ0) is 22.8. The second kappa shape index (κ2) is 8.42. The minimum absolute atomic E-state index is 0.145. The molecule has 0 saturated carbocycles. The number of carbonyl (C=O) groups excluding carboxylic acids is 3. The number of cyclic esters (lactones) is 1. The maximum absolute atomic E-state index is 13.5. The summed E-state index contributed by atoms with van der Waals surface area (Å²) >= 11 is 0. The Morgan fingerprint density at radius 2 is 1.72 bits per heavy atom. The summed E-state index contributed by atoms with van der Waals surface area (Å²) in [4.78, 5) is 47.0. The average molecular weight is 436 g/mol. The lowest BCUT2D eigenvalue weighted by Gasteiger charge is -2.33. The van der Waals surface area contributed by atoms with Crippen LogP contribution < -0.4 is 0 Å². The lowest BCUT2D eigenvalue weighted by Crippen LogP contribution is -2.58. The van der Waals surface area contributed by atoms with Gasteiger partial charge in [-0.3, -0.25) is 19.3 Å². The molecule has 0 aromatic heterocycles. The number of carbonyl (C=O) groups is 3. The minimum Gasteiger partial charge on any atom is -0.448 e. The molecule has 9 nitrogen and oxygen atoms in total. The number of nitrogens with zero attached hydrogens (tertiary/aromatic N) is 2. The lowest BCUT2D eigenvalue weighted by atomic mass is 10.00. The van der Waals surface area contributed by atoms with Crippen LogP contribution in [-0.2, 0) is 28.7 Å². The van der Waals surface area contributed by atoms with Crippen molar-refractivity contribution in [2.45, 2.75) is 30.2 Å². The fraction of sp³-hybridized carbons (Fsp3) is 0.304. The molecule has 9 heteroatoms. The predicted octanol–water partition coefficient (Wildman–Crippen LogP) is 1.78. The molecule has 0 aliphatic carbocycles. The summed E-state index contributed by atoms with van der Waals surface area (Å²) < 4.78 is 11.1. The molecule has 32 heavy (non-hydrogen) atoms. The summed E-state index contributed by atoms with van der Waals surface area (Å²) in [7, 11) is 0. The van der Waals surface area contributed by atoms with Gasteiger partial charge in [-0.05, 0) is 11.1 Å². The Balaban J connectivity index is 1.70. The molecule has 2 heterocycles. The zero-order valence-corrected chi connectivity index (χ0v) is 17.0. The first-order chi connectivity index (χ1) is 15.5. The Morgan fingerprint density at radius 3 is 2.16 bits per heavy atom. The Labute approximate surface area is 183 Å². The number of esters is 2. The van der Waals surface area contributed by atoms with Crippen LogP contribution in [0.5, 0.6) is 0 Å². The highest BCUT2D eigenvalue weighted by Crippen LogP contribution is 2.40. The third-order valence-corrected chi connectivity index (χ3v) is 5.52. The SMILES string of the molecule is [C-]#[N+]C1(CO)CON(C2(C(=O)OC(c3ccccc3)c3ccccc3)CCC(=O)O2)C1=O. The van der Waals surface area contributed by atoms with Crippen molar-refractivity contribution >= 4 is 17.8 Å². The second-order valence-electron chi connectivity index (χ2n) is 7.54. The summed E-state index contributed by atoms with van der Waals surface area (Å²) in [5.74, 6) is -2.68. The van der Waals surface area contributed by atoms with Crippen LogP contribution in [0.25, 0.3) is 4.85 Å². The second-order valence-corrected chi connectivity index (χ2v) is 7.54. The molecule has 0 radical (unpaired) electrons. The van der Waals surface area contributed by atoms with Crippen molar-refractivity contribution in [2.24, 2.45) is 0 Å². The van der Waals surface area contributed by atoms with Gasteiger partial charge < -0.3 is 14.6 Å². The van der Waals surface area contributed by atoms with Gasteiger partial charge in [0, 0.05) is 6.42 Å². The maximum Gasteiger partial charge on any atom is 0.376 e. The van der Waals surface area contributed by atoms with Crippen LogP contribution in [0.1, 0.15) is 30.1 Å². The summed E-state index contributed by atoms with van der Waals surface area (Å²) in [6.07, 6.45) is -1.19. The van der Waals surface area contributed by atoms with E-state index in [-0.39, 0.29) is 12.8 Å². The number of hydroxylamine groups is 2. The molecule has 2 atom stereocenters. The molecule has 0 bridgehead atoms. The van der Waals surface area contributed by atoms with E-state index in [1.165, 1.54) is 0 Å². The standard InChI is InChI=1S/C23H20N2O7/c1-24-22(14-26)15-30-25(20(22)28)23(13-12-18(27)32-23)21(29)31-19(16-8-4-2-5-9-16)17-10-6-3-7-11-17/h2-11,19,26H,12-15H2.